The third-order valence-electron chi connectivity index (χ3n) is 0.421. The Kier molecular flexibility index (Phi) is 8.99. The van der Waals surface area contributed by atoms with E-state index in [0.717, 1.165) is 0 Å². The molecule has 0 heterocycles. The molecule has 0 aliphatic rings. The standard InChI is InChI=1S/C3H8O3.H3O3PS/c4-1-3(6)2-5;1-4(2,3)5/h3-6H,1-2H2;(H3,1,2,3,5). The van der Waals surface area contributed by atoms with Crippen LogP contribution in [0, 0.1) is 0 Å². The van der Waals surface area contributed by atoms with Gasteiger partial charge in [-0.15, -0.1) is 0 Å². The highest BCUT2D eigenvalue weighted by atomic mass is 32.5. The molecular weight excluding hydrogens is 195 g/mol. The Bertz CT molecular complexity index is 111. The van der Waals surface area contributed by atoms with Gasteiger partial charge in [-0.1, -0.05) is 0 Å². The molecule has 0 rings (SSSR count). The van der Waals surface area contributed by atoms with Crippen molar-refractivity contribution in [3.63, 3.8) is 0 Å². The van der Waals surface area contributed by atoms with Crippen molar-refractivity contribution in [2.45, 2.75) is 6.10 Å². The first kappa shape index (κ1) is 14.0. The summed E-state index contributed by atoms with van der Waals surface area (Å²) in [5, 5.41) is 24.0. The van der Waals surface area contributed by atoms with E-state index in [1.807, 2.05) is 0 Å². The van der Waals surface area contributed by atoms with Gasteiger partial charge >= 0.3 is 6.72 Å². The molecule has 0 bridgehead atoms. The Morgan fingerprint density at radius 1 is 1.09 bits per heavy atom. The van der Waals surface area contributed by atoms with Gasteiger partial charge < -0.3 is 30.0 Å². The molecule has 0 aromatic rings. The van der Waals surface area contributed by atoms with E-state index in [2.05, 4.69) is 11.8 Å². The number of hydrogen-bond donors (Lipinski definition) is 6. The lowest BCUT2D eigenvalue weighted by atomic mass is 10.4. The van der Waals surface area contributed by atoms with Crippen LogP contribution >= 0.6 is 6.72 Å². The summed E-state index contributed by atoms with van der Waals surface area (Å²) in [7, 11) is 0. The van der Waals surface area contributed by atoms with E-state index in [-0.39, 0.29) is 13.2 Å². The molecule has 0 aliphatic carbocycles. The Hall–Kier alpha value is 0.410. The fourth-order valence-corrected chi connectivity index (χ4v) is 0.0577. The average molecular weight is 206 g/mol. The second-order valence-electron chi connectivity index (χ2n) is 1.53. The molecule has 0 amide bonds. The highest BCUT2D eigenvalue weighted by Crippen LogP contribution is 2.26. The van der Waals surface area contributed by atoms with E-state index in [0.29, 0.717) is 0 Å². The van der Waals surface area contributed by atoms with E-state index < -0.39 is 12.8 Å². The molecule has 70 valence electrons. The van der Waals surface area contributed by atoms with Crippen LogP contribution in [0.5, 0.6) is 0 Å². The topological polar surface area (TPSA) is 121 Å². The van der Waals surface area contributed by atoms with Gasteiger partial charge in [-0.25, -0.2) is 0 Å². The Morgan fingerprint density at radius 3 is 1.27 bits per heavy atom. The largest absolute Gasteiger partial charge is 0.394 e. The van der Waals surface area contributed by atoms with Crippen LogP contribution in [-0.4, -0.2) is 49.3 Å². The molecule has 6 N–H and O–H groups in total. The summed E-state index contributed by atoms with van der Waals surface area (Å²) >= 11 is 3.60. The summed E-state index contributed by atoms with van der Waals surface area (Å²) in [6.45, 7) is -4.53. The average Bonchev–Trinajstić information content (AvgIpc) is 1.83. The molecule has 0 unspecified atom stereocenters. The van der Waals surface area contributed by atoms with Crippen LogP contribution in [0.4, 0.5) is 0 Å². The van der Waals surface area contributed by atoms with E-state index in [4.69, 9.17) is 30.0 Å². The van der Waals surface area contributed by atoms with E-state index in [1.54, 1.807) is 0 Å². The second kappa shape index (κ2) is 7.08. The molecule has 0 aromatic heterocycles. The molecule has 0 atom stereocenters. The summed E-state index contributed by atoms with van der Waals surface area (Å²) in [5.74, 6) is 0. The SMILES string of the molecule is OCC(O)CO.OP(O)(O)=S. The maximum absolute atomic E-state index is 8.17. The summed E-state index contributed by atoms with van der Waals surface area (Å²) in [6.07, 6.45) is -0.954. The Labute approximate surface area is 68.6 Å². The van der Waals surface area contributed by atoms with E-state index in [1.165, 1.54) is 0 Å². The van der Waals surface area contributed by atoms with Gasteiger partial charge in [0.1, 0.15) is 6.10 Å². The van der Waals surface area contributed by atoms with Crippen LogP contribution in [0.25, 0.3) is 0 Å². The lowest BCUT2D eigenvalue weighted by Gasteiger charge is -1.96. The zero-order chi connectivity index (χ0) is 9.49. The van der Waals surface area contributed by atoms with Crippen molar-refractivity contribution in [2.24, 2.45) is 0 Å². The van der Waals surface area contributed by atoms with Gasteiger partial charge in [0, 0.05) is 0 Å². The second-order valence-corrected chi connectivity index (χ2v) is 4.03. The highest BCUT2D eigenvalue weighted by molar-refractivity contribution is 8.06. The molecule has 0 saturated carbocycles. The molecule has 0 aromatic carbocycles. The van der Waals surface area contributed by atoms with Gasteiger partial charge in [0.05, 0.1) is 13.2 Å². The molecule has 0 radical (unpaired) electrons. The normalized spacial score (nSPS) is 10.8. The van der Waals surface area contributed by atoms with Crippen LogP contribution < -0.4 is 0 Å². The fraction of sp³-hybridized carbons (Fsp3) is 1.00. The van der Waals surface area contributed by atoms with E-state index >= 15 is 0 Å². The maximum Gasteiger partial charge on any atom is 0.319 e. The van der Waals surface area contributed by atoms with Gasteiger partial charge in [0.2, 0.25) is 0 Å². The van der Waals surface area contributed by atoms with Gasteiger partial charge in [-0.05, 0) is 11.8 Å². The molecule has 6 nitrogen and oxygen atoms in total. The van der Waals surface area contributed by atoms with Gasteiger partial charge in [0.25, 0.3) is 0 Å². The van der Waals surface area contributed by atoms with Crippen molar-refractivity contribution in [3.8, 4) is 0 Å². The third-order valence-corrected chi connectivity index (χ3v) is 0.421. The van der Waals surface area contributed by atoms with Crippen molar-refractivity contribution in [3.05, 3.63) is 0 Å². The molecule has 0 fully saturated rings. The summed E-state index contributed by atoms with van der Waals surface area (Å²) in [5.41, 5.74) is 0. The zero-order valence-corrected chi connectivity index (χ0v) is 7.24. The first-order chi connectivity index (χ1) is 4.81. The number of rotatable bonds is 2. The minimum atomic E-state index is -3.81. The summed E-state index contributed by atoms with van der Waals surface area (Å²) < 4.78 is 0. The van der Waals surface area contributed by atoms with Crippen molar-refractivity contribution in [2.75, 3.05) is 13.2 Å². The Morgan fingerprint density at radius 2 is 1.27 bits per heavy atom. The first-order valence-electron chi connectivity index (χ1n) is 2.49. The van der Waals surface area contributed by atoms with E-state index in [9.17, 15) is 0 Å². The molecule has 0 aliphatic heterocycles. The van der Waals surface area contributed by atoms with Crippen molar-refractivity contribution < 1.29 is 30.0 Å². The molecule has 0 spiro atoms. The van der Waals surface area contributed by atoms with Crippen LogP contribution in [0.15, 0.2) is 0 Å². The zero-order valence-electron chi connectivity index (χ0n) is 5.53. The van der Waals surface area contributed by atoms with Gasteiger partial charge in [-0.2, -0.15) is 0 Å². The lowest BCUT2D eigenvalue weighted by molar-refractivity contribution is 0.0450. The highest BCUT2D eigenvalue weighted by Gasteiger charge is 1.93. The maximum atomic E-state index is 8.17. The van der Waals surface area contributed by atoms with Crippen LogP contribution in [-0.2, 0) is 11.8 Å². The first-order valence-corrected chi connectivity index (χ1v) is 5.15. The lowest BCUT2D eigenvalue weighted by Crippen LogP contribution is -2.15. The fourth-order valence-electron chi connectivity index (χ4n) is 0.0577. The van der Waals surface area contributed by atoms with Gasteiger partial charge in [0.15, 0.2) is 0 Å². The predicted molar refractivity (Wildman–Crippen MR) is 41.1 cm³/mol. The quantitative estimate of drug-likeness (QED) is 0.277. The number of aliphatic hydroxyl groups excluding tert-OH is 3. The van der Waals surface area contributed by atoms with Gasteiger partial charge in [-0.3, -0.25) is 0 Å². The predicted octanol–water partition coefficient (Wildman–Crippen LogP) is -2.48. The Balaban J connectivity index is 0. The smallest absolute Gasteiger partial charge is 0.319 e. The van der Waals surface area contributed by atoms with Crippen LogP contribution in [0.2, 0.25) is 0 Å². The summed E-state index contributed by atoms with van der Waals surface area (Å²) in [4.78, 5) is 22.7. The summed E-state index contributed by atoms with van der Waals surface area (Å²) in [6, 6.07) is 0. The minimum Gasteiger partial charge on any atom is -0.394 e. The van der Waals surface area contributed by atoms with Crippen molar-refractivity contribution >= 4 is 18.5 Å². The van der Waals surface area contributed by atoms with Crippen LogP contribution in [0.3, 0.4) is 0 Å². The molecule has 0 saturated heterocycles. The monoisotopic (exact) mass is 206 g/mol. The van der Waals surface area contributed by atoms with Crippen molar-refractivity contribution in [1.82, 2.24) is 0 Å². The molecular formula is C3H11O6PS. The molecule has 8 heteroatoms. The number of hydrogen-bond acceptors (Lipinski definition) is 4. The van der Waals surface area contributed by atoms with Crippen molar-refractivity contribution in [1.29, 1.82) is 0 Å². The van der Waals surface area contributed by atoms with Crippen LogP contribution in [0.1, 0.15) is 0 Å². The minimum absolute atomic E-state index is 0.365. The third kappa shape index (κ3) is 37.9. The number of aliphatic hydroxyl groups is 3. The molecule has 11 heavy (non-hydrogen) atoms.